The van der Waals surface area contributed by atoms with Crippen LogP contribution in [0, 0.1) is 5.21 Å². The van der Waals surface area contributed by atoms with Crippen molar-refractivity contribution < 1.29 is 14.7 Å². The summed E-state index contributed by atoms with van der Waals surface area (Å²) < 4.78 is 0. The van der Waals surface area contributed by atoms with E-state index < -0.39 is 5.91 Å². The third kappa shape index (κ3) is 3.53. The smallest absolute Gasteiger partial charge is 0.251 e. The van der Waals surface area contributed by atoms with Gasteiger partial charge in [0.2, 0.25) is 5.91 Å². The Balaban J connectivity index is 2.03. The van der Waals surface area contributed by atoms with Crippen LogP contribution in [0.15, 0.2) is 29.3 Å². The van der Waals surface area contributed by atoms with Crippen LogP contribution in [0.1, 0.15) is 15.9 Å². The quantitative estimate of drug-likeness (QED) is 0.456. The van der Waals surface area contributed by atoms with Gasteiger partial charge in [-0.1, -0.05) is 12.1 Å². The van der Waals surface area contributed by atoms with Crippen LogP contribution in [0.2, 0.25) is 0 Å². The van der Waals surface area contributed by atoms with E-state index in [0.29, 0.717) is 11.4 Å². The van der Waals surface area contributed by atoms with Crippen molar-refractivity contribution in [2.75, 3.05) is 19.9 Å². The Hall–Kier alpha value is -2.45. The van der Waals surface area contributed by atoms with Gasteiger partial charge in [-0.05, 0) is 12.1 Å². The number of amides is 2. The molecular weight excluding hydrogens is 262 g/mol. The van der Waals surface area contributed by atoms with Crippen LogP contribution in [0.5, 0.6) is 0 Å². The van der Waals surface area contributed by atoms with Gasteiger partial charge in [0.15, 0.2) is 13.3 Å². The minimum Gasteiger partial charge on any atom is -0.632 e. The van der Waals surface area contributed by atoms with Crippen LogP contribution < -0.4 is 21.4 Å². The second-order valence-corrected chi connectivity index (χ2v) is 4.28. The van der Waals surface area contributed by atoms with Crippen LogP contribution in [-0.2, 0) is 4.79 Å². The molecule has 1 heterocycles. The molecular formula is C12H15N5O3. The van der Waals surface area contributed by atoms with Crippen molar-refractivity contribution in [1.82, 2.24) is 10.6 Å². The summed E-state index contributed by atoms with van der Waals surface area (Å²) in [6, 6.07) is 6.68. The lowest BCUT2D eigenvalue weighted by molar-refractivity contribution is -0.851. The summed E-state index contributed by atoms with van der Waals surface area (Å²) >= 11 is 0. The standard InChI is InChI=1S/C12H15N5O3/c13-10(18)5-14-12(19)9-3-1-8(2-4-9)11-15-6-17(20)7-16-11/h1-4,17H,5-7H2,(H2,13,18)(H,14,19)(H,15,16). The fourth-order valence-corrected chi connectivity index (χ4v) is 1.70. The number of amidine groups is 1. The van der Waals surface area contributed by atoms with Crippen molar-refractivity contribution in [2.45, 2.75) is 0 Å². The van der Waals surface area contributed by atoms with Crippen molar-refractivity contribution in [3.63, 3.8) is 0 Å². The van der Waals surface area contributed by atoms with Gasteiger partial charge in [-0.15, -0.1) is 0 Å². The predicted octanol–water partition coefficient (Wildman–Crippen LogP) is -2.45. The molecule has 8 nitrogen and oxygen atoms in total. The predicted molar refractivity (Wildman–Crippen MR) is 71.7 cm³/mol. The Labute approximate surface area is 115 Å². The highest BCUT2D eigenvalue weighted by atomic mass is 16.5. The zero-order chi connectivity index (χ0) is 14.5. The SMILES string of the molecule is NC(=O)CNC(=O)c1ccc(C2=NC[NH+]([O-])CN2)cc1. The molecule has 0 saturated carbocycles. The third-order valence-corrected chi connectivity index (χ3v) is 2.71. The van der Waals surface area contributed by atoms with Crippen LogP contribution in [0.3, 0.4) is 0 Å². The maximum Gasteiger partial charge on any atom is 0.251 e. The molecule has 0 aliphatic carbocycles. The van der Waals surface area contributed by atoms with Crippen LogP contribution in [0.25, 0.3) is 0 Å². The molecule has 5 N–H and O–H groups in total. The highest BCUT2D eigenvalue weighted by Gasteiger charge is 2.12. The first-order valence-electron chi connectivity index (χ1n) is 6.03. The lowest BCUT2D eigenvalue weighted by Crippen LogP contribution is -3.10. The average molecular weight is 277 g/mol. The van der Waals surface area contributed by atoms with Gasteiger partial charge < -0.3 is 26.6 Å². The number of benzene rings is 1. The molecule has 20 heavy (non-hydrogen) atoms. The van der Waals surface area contributed by atoms with E-state index in [1.807, 2.05) is 0 Å². The monoisotopic (exact) mass is 277 g/mol. The van der Waals surface area contributed by atoms with Gasteiger partial charge in [-0.3, -0.25) is 9.59 Å². The van der Waals surface area contributed by atoms with Crippen LogP contribution in [-0.4, -0.2) is 37.5 Å². The van der Waals surface area contributed by atoms with E-state index in [-0.39, 0.29) is 30.9 Å². The Morgan fingerprint density at radius 1 is 1.40 bits per heavy atom. The number of aliphatic imine (C=N–C) groups is 1. The molecule has 2 rings (SSSR count). The first-order chi connectivity index (χ1) is 9.56. The van der Waals surface area contributed by atoms with E-state index in [1.54, 1.807) is 24.3 Å². The van der Waals surface area contributed by atoms with E-state index in [9.17, 15) is 14.8 Å². The van der Waals surface area contributed by atoms with Gasteiger partial charge in [0.1, 0.15) is 5.84 Å². The number of hydroxylamine groups is 2. The molecule has 1 aliphatic heterocycles. The summed E-state index contributed by atoms with van der Waals surface area (Å²) in [5.41, 5.74) is 6.16. The lowest BCUT2D eigenvalue weighted by Gasteiger charge is -2.26. The second-order valence-electron chi connectivity index (χ2n) is 4.28. The third-order valence-electron chi connectivity index (χ3n) is 2.71. The van der Waals surface area contributed by atoms with E-state index in [4.69, 9.17) is 5.73 Å². The van der Waals surface area contributed by atoms with E-state index in [2.05, 4.69) is 15.6 Å². The van der Waals surface area contributed by atoms with Crippen LogP contribution >= 0.6 is 0 Å². The molecule has 0 bridgehead atoms. The number of hydrogen-bond donors (Lipinski definition) is 4. The highest BCUT2D eigenvalue weighted by molar-refractivity contribution is 6.01. The Kier molecular flexibility index (Phi) is 4.28. The van der Waals surface area contributed by atoms with E-state index >= 15 is 0 Å². The van der Waals surface area contributed by atoms with Gasteiger partial charge in [0, 0.05) is 11.1 Å². The molecule has 0 spiro atoms. The van der Waals surface area contributed by atoms with E-state index in [0.717, 1.165) is 5.56 Å². The number of rotatable bonds is 4. The van der Waals surface area contributed by atoms with Gasteiger partial charge in [0.05, 0.1) is 6.54 Å². The minimum absolute atomic E-state index is 0.0381. The zero-order valence-electron chi connectivity index (χ0n) is 10.7. The number of nitrogens with two attached hydrogens (primary N) is 1. The van der Waals surface area contributed by atoms with Gasteiger partial charge in [-0.2, -0.15) is 0 Å². The van der Waals surface area contributed by atoms with Crippen molar-refractivity contribution in [1.29, 1.82) is 0 Å². The number of quaternary nitrogens is 1. The Bertz CT molecular complexity index is 541. The fraction of sp³-hybridized carbons (Fsp3) is 0.250. The van der Waals surface area contributed by atoms with Crippen LogP contribution in [0.4, 0.5) is 0 Å². The normalized spacial score (nSPS) is 17.9. The first-order valence-corrected chi connectivity index (χ1v) is 6.03. The summed E-state index contributed by atoms with van der Waals surface area (Å²) in [5, 5.41) is 16.4. The molecule has 1 aliphatic rings. The molecule has 1 aromatic carbocycles. The molecule has 1 atom stereocenters. The van der Waals surface area contributed by atoms with Crippen molar-refractivity contribution in [3.8, 4) is 0 Å². The summed E-state index contributed by atoms with van der Waals surface area (Å²) in [6.07, 6.45) is 0. The molecule has 0 saturated heterocycles. The molecule has 0 aromatic heterocycles. The minimum atomic E-state index is -0.597. The first kappa shape index (κ1) is 14.0. The summed E-state index contributed by atoms with van der Waals surface area (Å²) in [7, 11) is 0. The Morgan fingerprint density at radius 2 is 2.10 bits per heavy atom. The molecule has 1 unspecified atom stereocenters. The second kappa shape index (κ2) is 6.13. The summed E-state index contributed by atoms with van der Waals surface area (Å²) in [4.78, 5) is 26.4. The maximum atomic E-state index is 11.7. The molecule has 106 valence electrons. The van der Waals surface area contributed by atoms with Gasteiger partial charge in [0.25, 0.3) is 5.91 Å². The zero-order valence-corrected chi connectivity index (χ0v) is 10.7. The van der Waals surface area contributed by atoms with Gasteiger partial charge >= 0.3 is 0 Å². The molecule has 1 aromatic rings. The fourth-order valence-electron chi connectivity index (χ4n) is 1.70. The summed E-state index contributed by atoms with van der Waals surface area (Å²) in [5.74, 6) is -0.335. The number of primary amides is 1. The van der Waals surface area contributed by atoms with Crippen molar-refractivity contribution in [2.24, 2.45) is 10.7 Å². The largest absolute Gasteiger partial charge is 0.632 e. The van der Waals surface area contributed by atoms with Crippen molar-refractivity contribution in [3.05, 3.63) is 40.6 Å². The number of hydrogen-bond acceptors (Lipinski definition) is 5. The summed E-state index contributed by atoms with van der Waals surface area (Å²) in [6.45, 7) is 0.236. The van der Waals surface area contributed by atoms with E-state index in [1.165, 1.54) is 0 Å². The molecule has 2 amide bonds. The number of nitrogens with zero attached hydrogens (tertiary/aromatic N) is 1. The molecule has 8 heteroatoms. The average Bonchev–Trinajstić information content (AvgIpc) is 2.46. The molecule has 0 fully saturated rings. The van der Waals surface area contributed by atoms with Gasteiger partial charge in [-0.25, -0.2) is 4.99 Å². The maximum absolute atomic E-state index is 11.7. The molecule has 0 radical (unpaired) electrons. The number of carbonyl (C=O) groups excluding carboxylic acids is 2. The number of carbonyl (C=O) groups is 2. The van der Waals surface area contributed by atoms with Crippen molar-refractivity contribution >= 4 is 17.6 Å². The topological polar surface area (TPSA) is 124 Å². The Morgan fingerprint density at radius 3 is 2.65 bits per heavy atom. The number of nitrogens with one attached hydrogen (secondary N) is 3. The highest BCUT2D eigenvalue weighted by Crippen LogP contribution is 2.05. The lowest BCUT2D eigenvalue weighted by atomic mass is 10.1.